The van der Waals surface area contributed by atoms with Crippen molar-refractivity contribution in [2.24, 2.45) is 0 Å². The van der Waals surface area contributed by atoms with Crippen LogP contribution in [-0.4, -0.2) is 94.0 Å². The monoisotopic (exact) mass is 682 g/mol. The largest absolute Gasteiger partial charge is 0.461 e. The van der Waals surface area contributed by atoms with E-state index in [1.807, 2.05) is 0 Å². The van der Waals surface area contributed by atoms with E-state index < -0.39 is 35.5 Å². The number of likely N-dealkylation sites (tertiary alicyclic amines) is 1. The van der Waals surface area contributed by atoms with Gasteiger partial charge in [0.25, 0.3) is 0 Å². The van der Waals surface area contributed by atoms with Gasteiger partial charge >= 0.3 is 12.1 Å². The molecule has 9 nitrogen and oxygen atoms in total. The van der Waals surface area contributed by atoms with Crippen LogP contribution in [0.2, 0.25) is 5.02 Å². The van der Waals surface area contributed by atoms with Crippen LogP contribution in [0.25, 0.3) is 32.9 Å². The predicted octanol–water partition coefficient (Wildman–Crippen LogP) is 7.18. The summed E-state index contributed by atoms with van der Waals surface area (Å²) in [6.45, 7) is 7.45. The molecular weight excluding hydrogens is 645 g/mol. The quantitative estimate of drug-likeness (QED) is 0.212. The third kappa shape index (κ3) is 5.76. The summed E-state index contributed by atoms with van der Waals surface area (Å²) in [5, 5.41) is 1.03. The molecule has 1 amide bonds. The number of hydrogen-bond donors (Lipinski definition) is 0. The second kappa shape index (κ2) is 12.2. The molecule has 13 heteroatoms. The molecule has 3 aliphatic heterocycles. The van der Waals surface area contributed by atoms with Crippen LogP contribution in [0.5, 0.6) is 6.01 Å². The van der Waals surface area contributed by atoms with Crippen LogP contribution >= 0.6 is 11.6 Å². The first-order chi connectivity index (χ1) is 22.8. The molecular formula is C35H38ClF3N6O3. The number of halogens is 4. The summed E-state index contributed by atoms with van der Waals surface area (Å²) in [5.74, 6) is -1.20. The second-order valence-corrected chi connectivity index (χ2v) is 14.4. The van der Waals surface area contributed by atoms with Crippen LogP contribution in [0.1, 0.15) is 46.5 Å². The van der Waals surface area contributed by atoms with E-state index in [4.69, 9.17) is 26.1 Å². The van der Waals surface area contributed by atoms with E-state index in [1.54, 1.807) is 57.0 Å². The van der Waals surface area contributed by atoms with Crippen molar-refractivity contribution in [2.45, 2.75) is 69.8 Å². The zero-order chi connectivity index (χ0) is 34.0. The average molecular weight is 683 g/mol. The summed E-state index contributed by atoms with van der Waals surface area (Å²) in [6.07, 6.45) is 3.49. The SMILES string of the molecule is CN(c1nc(OCC23CCCN2CCC3)nc2c(F)c(-c3cccc4ccc(F)c(Cl)c34)ncc12)[C@H]1CN(C(=O)OC(C)(C)C)C[C@@H]1F. The molecule has 0 N–H and O–H groups in total. The van der Waals surface area contributed by atoms with Gasteiger partial charge in [-0.2, -0.15) is 9.97 Å². The molecule has 3 saturated heterocycles. The lowest BCUT2D eigenvalue weighted by Crippen LogP contribution is -2.43. The minimum atomic E-state index is -1.44. The van der Waals surface area contributed by atoms with Gasteiger partial charge in [-0.25, -0.2) is 18.0 Å². The number of amides is 1. The summed E-state index contributed by atoms with van der Waals surface area (Å²) in [7, 11) is 1.65. The van der Waals surface area contributed by atoms with Gasteiger partial charge in [-0.1, -0.05) is 35.9 Å². The fourth-order valence-corrected chi connectivity index (χ4v) is 7.73. The molecule has 0 unspecified atom stereocenters. The Morgan fingerprint density at radius 2 is 1.85 bits per heavy atom. The maximum atomic E-state index is 16.8. The van der Waals surface area contributed by atoms with Gasteiger partial charge in [0, 0.05) is 30.7 Å². The lowest BCUT2D eigenvalue weighted by molar-refractivity contribution is 0.0283. The second-order valence-electron chi connectivity index (χ2n) is 14.1. The molecule has 48 heavy (non-hydrogen) atoms. The Kier molecular flexibility index (Phi) is 8.30. The first-order valence-corrected chi connectivity index (χ1v) is 16.7. The molecule has 2 atom stereocenters. The summed E-state index contributed by atoms with van der Waals surface area (Å²) in [4.78, 5) is 31.9. The van der Waals surface area contributed by atoms with E-state index in [9.17, 15) is 9.18 Å². The first-order valence-electron chi connectivity index (χ1n) is 16.3. The van der Waals surface area contributed by atoms with Crippen molar-refractivity contribution >= 4 is 45.2 Å². The number of fused-ring (bicyclic) bond motifs is 3. The molecule has 0 saturated carbocycles. The van der Waals surface area contributed by atoms with Gasteiger partial charge in [0.15, 0.2) is 5.82 Å². The van der Waals surface area contributed by atoms with E-state index in [0.717, 1.165) is 38.8 Å². The Balaban J connectivity index is 1.31. The van der Waals surface area contributed by atoms with Crippen LogP contribution in [-0.2, 0) is 4.74 Å². The summed E-state index contributed by atoms with van der Waals surface area (Å²) >= 11 is 6.39. The van der Waals surface area contributed by atoms with Crippen LogP contribution in [0, 0.1) is 11.6 Å². The summed E-state index contributed by atoms with van der Waals surface area (Å²) in [5.41, 5.74) is -0.723. The fourth-order valence-electron chi connectivity index (χ4n) is 7.45. The summed E-state index contributed by atoms with van der Waals surface area (Å²) in [6, 6.07) is 7.08. The number of carbonyl (C=O) groups excluding carboxylic acids is 1. The molecule has 0 aliphatic carbocycles. The third-order valence-electron chi connectivity index (χ3n) is 9.82. The number of anilines is 1. The van der Waals surface area contributed by atoms with Crippen molar-refractivity contribution in [3.05, 3.63) is 53.2 Å². The summed E-state index contributed by atoms with van der Waals surface area (Å²) < 4.78 is 58.7. The first kappa shape index (κ1) is 32.6. The zero-order valence-corrected chi connectivity index (χ0v) is 28.2. The average Bonchev–Trinajstić information content (AvgIpc) is 3.75. The van der Waals surface area contributed by atoms with E-state index >= 15 is 8.78 Å². The number of aromatic nitrogens is 3. The van der Waals surface area contributed by atoms with Gasteiger partial charge in [-0.3, -0.25) is 9.88 Å². The lowest BCUT2D eigenvalue weighted by atomic mass is 9.95. The van der Waals surface area contributed by atoms with E-state index in [1.165, 1.54) is 17.2 Å². The van der Waals surface area contributed by atoms with Gasteiger partial charge in [0.2, 0.25) is 0 Å². The van der Waals surface area contributed by atoms with E-state index in [2.05, 4.69) is 14.9 Å². The Morgan fingerprint density at radius 3 is 2.58 bits per heavy atom. The fraction of sp³-hybridized carbons (Fsp3) is 0.486. The number of benzene rings is 2. The Morgan fingerprint density at radius 1 is 1.10 bits per heavy atom. The van der Waals surface area contributed by atoms with Crippen molar-refractivity contribution in [1.29, 1.82) is 0 Å². The normalized spacial score (nSPS) is 20.9. The molecule has 0 spiro atoms. The van der Waals surface area contributed by atoms with Crippen molar-refractivity contribution in [3.8, 4) is 17.3 Å². The number of rotatable bonds is 6. The smallest absolute Gasteiger partial charge is 0.410 e. The standard InChI is InChI=1S/C35H38ClF3N6O3/c1-34(2,3)48-33(46)44-17-24(38)25(18-44)43(4)31-22-16-40-29(21-9-5-8-20-10-11-23(37)27(36)26(20)21)28(39)30(22)41-32(42-31)47-19-35-12-6-14-45(35)15-7-13-35/h5,8-11,16,24-25H,6-7,12-15,17-19H2,1-4H3/t24-,25-/m0/s1. The van der Waals surface area contributed by atoms with Crippen molar-refractivity contribution in [3.63, 3.8) is 0 Å². The van der Waals surface area contributed by atoms with Crippen LogP contribution in [0.3, 0.4) is 0 Å². The molecule has 0 bridgehead atoms. The minimum absolute atomic E-state index is 0.0282. The molecule has 2 aromatic carbocycles. The van der Waals surface area contributed by atoms with Gasteiger partial charge in [0.05, 0.1) is 28.5 Å². The number of nitrogens with zero attached hydrogens (tertiary/aromatic N) is 6. The van der Waals surface area contributed by atoms with Crippen LogP contribution in [0.15, 0.2) is 36.5 Å². The Hall–Kier alpha value is -3.90. The maximum Gasteiger partial charge on any atom is 0.410 e. The molecule has 2 aromatic heterocycles. The number of carbonyl (C=O) groups is 1. The maximum absolute atomic E-state index is 16.8. The van der Waals surface area contributed by atoms with E-state index in [0.29, 0.717) is 22.9 Å². The third-order valence-corrected chi connectivity index (χ3v) is 10.2. The zero-order valence-electron chi connectivity index (χ0n) is 27.4. The molecule has 3 aliphatic rings. The number of alkyl halides is 1. The lowest BCUT2D eigenvalue weighted by Gasteiger charge is -2.32. The van der Waals surface area contributed by atoms with Crippen molar-refractivity contribution < 1.29 is 27.4 Å². The highest BCUT2D eigenvalue weighted by molar-refractivity contribution is 6.36. The molecule has 3 fully saturated rings. The number of pyridine rings is 1. The van der Waals surface area contributed by atoms with Gasteiger partial charge in [-0.05, 0) is 71.0 Å². The van der Waals surface area contributed by atoms with Crippen molar-refractivity contribution in [1.82, 2.24) is 24.8 Å². The van der Waals surface area contributed by atoms with Crippen molar-refractivity contribution in [2.75, 3.05) is 44.7 Å². The number of hydrogen-bond acceptors (Lipinski definition) is 8. The highest BCUT2D eigenvalue weighted by Crippen LogP contribution is 2.41. The van der Waals surface area contributed by atoms with E-state index in [-0.39, 0.29) is 52.1 Å². The molecule has 254 valence electrons. The minimum Gasteiger partial charge on any atom is -0.461 e. The van der Waals surface area contributed by atoms with Gasteiger partial charge in [-0.15, -0.1) is 0 Å². The molecule has 5 heterocycles. The van der Waals surface area contributed by atoms with Gasteiger partial charge in [0.1, 0.15) is 41.2 Å². The van der Waals surface area contributed by atoms with Crippen LogP contribution < -0.4 is 9.64 Å². The highest BCUT2D eigenvalue weighted by atomic mass is 35.5. The van der Waals surface area contributed by atoms with Gasteiger partial charge < -0.3 is 19.3 Å². The number of likely N-dealkylation sites (N-methyl/N-ethyl adjacent to an activating group) is 1. The predicted molar refractivity (Wildman–Crippen MR) is 178 cm³/mol. The Bertz CT molecular complexity index is 1900. The molecule has 0 radical (unpaired) electrons. The molecule has 7 rings (SSSR count). The topological polar surface area (TPSA) is 83.9 Å². The highest BCUT2D eigenvalue weighted by Gasteiger charge is 2.45. The molecule has 4 aromatic rings. The Labute approximate surface area is 282 Å². The van der Waals surface area contributed by atoms with Crippen LogP contribution in [0.4, 0.5) is 23.8 Å². The number of ether oxygens (including phenoxy) is 2.